The molecular formula is C56H105NO18. The Morgan fingerprint density at radius 3 is 1.29 bits per heavy atom. The molecule has 0 bridgehead atoms. The van der Waals surface area contributed by atoms with Crippen LogP contribution in [0.4, 0.5) is 0 Å². The Labute approximate surface area is 448 Å². The van der Waals surface area contributed by atoms with Crippen molar-refractivity contribution in [2.24, 2.45) is 0 Å². The van der Waals surface area contributed by atoms with Crippen molar-refractivity contribution in [2.75, 3.05) is 26.4 Å². The Balaban J connectivity index is 1.51. The van der Waals surface area contributed by atoms with Gasteiger partial charge in [0.1, 0.15) is 73.2 Å². The van der Waals surface area contributed by atoms with E-state index in [0.29, 0.717) is 12.8 Å². The van der Waals surface area contributed by atoms with E-state index in [2.05, 4.69) is 31.3 Å². The molecule has 442 valence electrons. The highest BCUT2D eigenvalue weighted by Gasteiger charge is 2.53. The third-order valence-corrected chi connectivity index (χ3v) is 15.1. The molecule has 17 atom stereocenters. The number of ether oxygens (including phenoxy) is 6. The molecule has 3 heterocycles. The number of nitrogens with one attached hydrogen (secondary N) is 1. The Morgan fingerprint density at radius 2 is 0.840 bits per heavy atom. The molecule has 3 rings (SSSR count). The van der Waals surface area contributed by atoms with Crippen LogP contribution in [0.2, 0.25) is 0 Å². The van der Waals surface area contributed by atoms with Crippen LogP contribution in [-0.4, -0.2) is 193 Å². The molecule has 19 nitrogen and oxygen atoms in total. The fourth-order valence-electron chi connectivity index (χ4n) is 10.2. The third-order valence-electron chi connectivity index (χ3n) is 15.1. The Kier molecular flexibility index (Phi) is 36.8. The zero-order valence-electron chi connectivity index (χ0n) is 45.8. The summed E-state index contributed by atoms with van der Waals surface area (Å²) in [4.78, 5) is 13.3. The molecule has 12 N–H and O–H groups in total. The number of hydrogen-bond donors (Lipinski definition) is 12. The largest absolute Gasteiger partial charge is 0.394 e. The summed E-state index contributed by atoms with van der Waals surface area (Å²) in [6, 6.07) is -0.886. The molecule has 0 radical (unpaired) electrons. The van der Waals surface area contributed by atoms with Crippen molar-refractivity contribution in [2.45, 2.75) is 311 Å². The second-order valence-corrected chi connectivity index (χ2v) is 21.5. The zero-order chi connectivity index (χ0) is 54.8. The maximum absolute atomic E-state index is 13.3. The standard InChI is InChI=1S/C56H105NO18/c1-3-5-7-9-11-13-15-17-19-20-21-23-25-27-29-31-33-40(61)39(57-44(62)34-32-30-28-26-24-22-18-16-14-12-10-8-6-4-2)38-70-54-50(68)47(65)52(42(36-59)72-54)75-56-51(69)48(66)53(43(37-60)73-56)74-55-49(67)46(64)45(63)41(35-58)71-55/h16,18,39-43,45-56,58-61,63-69H,3-15,17,19-38H2,1-2H3,(H,57,62)/b18-16-. The minimum Gasteiger partial charge on any atom is -0.394 e. The summed E-state index contributed by atoms with van der Waals surface area (Å²) < 4.78 is 34.3. The number of carbonyl (C=O) groups excluding carboxylic acids is 1. The molecule has 3 aliphatic rings. The predicted molar refractivity (Wildman–Crippen MR) is 282 cm³/mol. The van der Waals surface area contributed by atoms with Crippen molar-refractivity contribution in [1.82, 2.24) is 5.32 Å². The van der Waals surface area contributed by atoms with Crippen LogP contribution >= 0.6 is 0 Å². The third kappa shape index (κ3) is 25.3. The first-order valence-corrected chi connectivity index (χ1v) is 29.4. The van der Waals surface area contributed by atoms with E-state index in [-0.39, 0.29) is 18.9 Å². The highest BCUT2D eigenvalue weighted by atomic mass is 16.8. The summed E-state index contributed by atoms with van der Waals surface area (Å²) in [6.07, 6.45) is 11.5. The van der Waals surface area contributed by atoms with E-state index in [1.54, 1.807) is 0 Å². The van der Waals surface area contributed by atoms with E-state index < -0.39 is 124 Å². The molecule has 17 unspecified atom stereocenters. The van der Waals surface area contributed by atoms with Gasteiger partial charge in [-0.15, -0.1) is 0 Å². The van der Waals surface area contributed by atoms with Gasteiger partial charge in [0.25, 0.3) is 0 Å². The summed E-state index contributed by atoms with van der Waals surface area (Å²) in [5.74, 6) is -0.251. The van der Waals surface area contributed by atoms with Gasteiger partial charge in [-0.3, -0.25) is 4.79 Å². The summed E-state index contributed by atoms with van der Waals surface area (Å²) in [7, 11) is 0. The minimum absolute atomic E-state index is 0.251. The average Bonchev–Trinajstić information content (AvgIpc) is 3.41. The van der Waals surface area contributed by atoms with E-state index in [4.69, 9.17) is 28.4 Å². The number of rotatable bonds is 43. The number of unbranched alkanes of at least 4 members (excludes halogenated alkanes) is 25. The van der Waals surface area contributed by atoms with Crippen LogP contribution in [0.15, 0.2) is 12.2 Å². The van der Waals surface area contributed by atoms with Crippen molar-refractivity contribution in [3.05, 3.63) is 12.2 Å². The number of allylic oxidation sites excluding steroid dienone is 2. The molecule has 1 amide bonds. The molecular weight excluding hydrogens is 975 g/mol. The van der Waals surface area contributed by atoms with Gasteiger partial charge in [-0.05, 0) is 38.5 Å². The zero-order valence-corrected chi connectivity index (χ0v) is 45.8. The van der Waals surface area contributed by atoms with Gasteiger partial charge in [-0.2, -0.15) is 0 Å². The van der Waals surface area contributed by atoms with Crippen LogP contribution in [0.1, 0.15) is 206 Å². The molecule has 3 fully saturated rings. The van der Waals surface area contributed by atoms with Gasteiger partial charge in [0.15, 0.2) is 18.9 Å². The molecule has 75 heavy (non-hydrogen) atoms. The first-order valence-electron chi connectivity index (χ1n) is 29.4. The van der Waals surface area contributed by atoms with Crippen LogP contribution in [-0.2, 0) is 33.2 Å². The van der Waals surface area contributed by atoms with E-state index in [1.807, 2.05) is 0 Å². The second kappa shape index (κ2) is 40.7. The van der Waals surface area contributed by atoms with Crippen molar-refractivity contribution in [3.8, 4) is 0 Å². The van der Waals surface area contributed by atoms with Crippen LogP contribution < -0.4 is 5.32 Å². The Morgan fingerprint density at radius 1 is 0.467 bits per heavy atom. The normalized spacial score (nSPS) is 31.2. The van der Waals surface area contributed by atoms with E-state index in [1.165, 1.54) is 109 Å². The van der Waals surface area contributed by atoms with Crippen molar-refractivity contribution in [3.63, 3.8) is 0 Å². The van der Waals surface area contributed by atoms with Gasteiger partial charge in [0, 0.05) is 6.42 Å². The second-order valence-electron chi connectivity index (χ2n) is 21.5. The molecule has 3 aliphatic heterocycles. The molecule has 3 saturated heterocycles. The first-order chi connectivity index (χ1) is 36.3. The summed E-state index contributed by atoms with van der Waals surface area (Å²) in [5.41, 5.74) is 0. The number of amides is 1. The molecule has 0 aliphatic carbocycles. The number of aliphatic hydroxyl groups excluding tert-OH is 11. The lowest BCUT2D eigenvalue weighted by atomic mass is 9.96. The van der Waals surface area contributed by atoms with Gasteiger partial charge in [0.2, 0.25) is 5.91 Å². The molecule has 0 aromatic carbocycles. The monoisotopic (exact) mass is 1080 g/mol. The minimum atomic E-state index is -1.97. The van der Waals surface area contributed by atoms with Crippen molar-refractivity contribution >= 4 is 5.91 Å². The molecule has 0 aromatic rings. The number of carbonyl (C=O) groups is 1. The molecule has 0 spiro atoms. The maximum atomic E-state index is 13.3. The van der Waals surface area contributed by atoms with Crippen LogP contribution in [0.3, 0.4) is 0 Å². The Hall–Kier alpha value is -1.47. The van der Waals surface area contributed by atoms with Crippen molar-refractivity contribution < 1.29 is 89.4 Å². The van der Waals surface area contributed by atoms with Crippen LogP contribution in [0.25, 0.3) is 0 Å². The molecule has 0 aromatic heterocycles. The van der Waals surface area contributed by atoms with E-state index in [9.17, 15) is 61.0 Å². The quantitative estimate of drug-likeness (QED) is 0.0293. The van der Waals surface area contributed by atoms with Crippen molar-refractivity contribution in [1.29, 1.82) is 0 Å². The van der Waals surface area contributed by atoms with Gasteiger partial charge in [-0.25, -0.2) is 0 Å². The summed E-state index contributed by atoms with van der Waals surface area (Å²) in [5, 5.41) is 120. The summed E-state index contributed by atoms with van der Waals surface area (Å²) >= 11 is 0. The predicted octanol–water partition coefficient (Wildman–Crippen LogP) is 4.60. The SMILES string of the molecule is CCCCCCC/C=C\CCCCCCCC(=O)NC(COC1OC(CO)C(OC2OC(CO)C(OC3OC(CO)C(O)C(O)C3O)C(O)C2O)C(O)C1O)C(O)CCCCCCCCCCCCCCCCCC. The highest BCUT2D eigenvalue weighted by Crippen LogP contribution is 2.33. The van der Waals surface area contributed by atoms with Gasteiger partial charge < -0.3 is 89.9 Å². The topological polar surface area (TPSA) is 307 Å². The number of aliphatic hydroxyl groups is 11. The van der Waals surface area contributed by atoms with E-state index >= 15 is 0 Å². The smallest absolute Gasteiger partial charge is 0.220 e. The van der Waals surface area contributed by atoms with Crippen LogP contribution in [0.5, 0.6) is 0 Å². The molecule has 0 saturated carbocycles. The van der Waals surface area contributed by atoms with E-state index in [0.717, 1.165) is 64.2 Å². The lowest BCUT2D eigenvalue weighted by Crippen LogP contribution is -2.66. The average molecular weight is 1080 g/mol. The van der Waals surface area contributed by atoms with Crippen LogP contribution in [0, 0.1) is 0 Å². The summed E-state index contributed by atoms with van der Waals surface area (Å²) in [6.45, 7) is 1.77. The van der Waals surface area contributed by atoms with Gasteiger partial charge >= 0.3 is 0 Å². The number of hydrogen-bond acceptors (Lipinski definition) is 18. The maximum Gasteiger partial charge on any atom is 0.220 e. The Bertz CT molecular complexity index is 1430. The fourth-order valence-corrected chi connectivity index (χ4v) is 10.2. The first kappa shape index (κ1) is 67.8. The lowest BCUT2D eigenvalue weighted by Gasteiger charge is -2.48. The van der Waals surface area contributed by atoms with Gasteiger partial charge in [0.05, 0.1) is 38.6 Å². The van der Waals surface area contributed by atoms with Gasteiger partial charge in [-0.1, -0.05) is 174 Å². The molecule has 19 heteroatoms. The highest BCUT2D eigenvalue weighted by molar-refractivity contribution is 5.76. The fraction of sp³-hybridized carbons (Fsp3) is 0.946. The lowest BCUT2D eigenvalue weighted by molar-refractivity contribution is -0.379.